The lowest BCUT2D eigenvalue weighted by molar-refractivity contribution is -0.188. The van der Waals surface area contributed by atoms with Gasteiger partial charge in [-0.05, 0) is 122 Å². The Morgan fingerprint density at radius 1 is 0.579 bits per heavy atom. The minimum atomic E-state index is -0.344. The van der Waals surface area contributed by atoms with E-state index in [0.29, 0.717) is 11.5 Å². The number of nitrogens with one attached hydrogen (secondary N) is 2. The molecule has 1 aromatic heterocycles. The van der Waals surface area contributed by atoms with Crippen LogP contribution in [0.25, 0.3) is 0 Å². The van der Waals surface area contributed by atoms with E-state index in [0.717, 1.165) is 38.5 Å². The molecule has 38 heavy (non-hydrogen) atoms. The van der Waals surface area contributed by atoms with E-state index in [1.54, 1.807) is 6.20 Å². The number of nitrogens with zero attached hydrogens (tertiary/aromatic N) is 1. The van der Waals surface area contributed by atoms with E-state index in [4.69, 9.17) is 0 Å². The Balaban J connectivity index is 1.15. The third-order valence-electron chi connectivity index (χ3n) is 12.0. The van der Waals surface area contributed by atoms with Gasteiger partial charge in [-0.25, -0.2) is 4.98 Å². The summed E-state index contributed by atoms with van der Waals surface area (Å²) in [5.41, 5.74) is 1.39. The normalized spacial score (nSPS) is 51.7. The van der Waals surface area contributed by atoms with Crippen LogP contribution in [0.5, 0.6) is 0 Å². The van der Waals surface area contributed by atoms with Gasteiger partial charge in [0.1, 0.15) is 0 Å². The van der Waals surface area contributed by atoms with Crippen LogP contribution in [-0.4, -0.2) is 16.8 Å². The smallest absolute Gasteiger partial charge is 0.231 e. The average molecular weight is 518 g/mol. The summed E-state index contributed by atoms with van der Waals surface area (Å²) in [4.78, 5) is 32.8. The number of hydrogen-bond donors (Lipinski definition) is 2. The molecule has 5 heteroatoms. The fourth-order valence-electron chi connectivity index (χ4n) is 14.2. The molecule has 2 N–H and O–H groups in total. The van der Waals surface area contributed by atoms with E-state index < -0.39 is 0 Å². The molecule has 8 bridgehead atoms. The number of pyridine rings is 1. The van der Waals surface area contributed by atoms with Gasteiger partial charge in [-0.3, -0.25) is 9.59 Å². The fraction of sp³-hybridized carbons (Fsp3) is 0.788. The van der Waals surface area contributed by atoms with E-state index in [9.17, 15) is 9.59 Å². The molecule has 8 aliphatic rings. The van der Waals surface area contributed by atoms with Crippen molar-refractivity contribution in [3.63, 3.8) is 0 Å². The van der Waals surface area contributed by atoms with Crippen molar-refractivity contribution < 1.29 is 9.59 Å². The summed E-state index contributed by atoms with van der Waals surface area (Å²) in [6.07, 6.45) is 14.9. The minimum Gasteiger partial charge on any atom is -0.322 e. The number of carbonyl (C=O) groups is 2. The number of aromatic nitrogens is 1. The highest BCUT2D eigenvalue weighted by molar-refractivity contribution is 6.02. The Morgan fingerprint density at radius 2 is 0.921 bits per heavy atom. The summed E-state index contributed by atoms with van der Waals surface area (Å²) >= 11 is 0. The summed E-state index contributed by atoms with van der Waals surface area (Å²) in [6, 6.07) is 3.78. The van der Waals surface area contributed by atoms with Crippen molar-refractivity contribution in [1.82, 2.24) is 4.98 Å². The Kier molecular flexibility index (Phi) is 4.65. The second-order valence-electron chi connectivity index (χ2n) is 17.9. The molecule has 8 saturated carbocycles. The van der Waals surface area contributed by atoms with Crippen LogP contribution in [-0.2, 0) is 9.59 Å². The standard InChI is InChI=1S/C33H47N3O2/c1-26-10-27(2)12-28(3,11-26)18-32(16-26,17-27)24(37)35-22-8-7-9-34-23(22)36-25(38)33-19-29(4)13-30(5,20-33)15-31(6,14-29)21-33/h7-9H,10-21H2,1-6H3,(H,35,37)(H,34,36,38). The Morgan fingerprint density at radius 3 is 1.29 bits per heavy atom. The first-order valence-electron chi connectivity index (χ1n) is 15.1. The zero-order valence-electron chi connectivity index (χ0n) is 24.5. The quantitative estimate of drug-likeness (QED) is 0.429. The number of amides is 2. The highest BCUT2D eigenvalue weighted by atomic mass is 16.2. The van der Waals surface area contributed by atoms with Gasteiger partial charge in [-0.2, -0.15) is 0 Å². The van der Waals surface area contributed by atoms with Gasteiger partial charge in [0.05, 0.1) is 16.5 Å². The summed E-state index contributed by atoms with van der Waals surface area (Å²) in [7, 11) is 0. The average Bonchev–Trinajstić information content (AvgIpc) is 2.68. The first-order valence-corrected chi connectivity index (χ1v) is 15.1. The molecule has 0 aliphatic heterocycles. The van der Waals surface area contributed by atoms with Crippen LogP contribution in [0.3, 0.4) is 0 Å². The molecule has 8 fully saturated rings. The van der Waals surface area contributed by atoms with Gasteiger partial charge >= 0.3 is 0 Å². The zero-order valence-corrected chi connectivity index (χ0v) is 24.5. The van der Waals surface area contributed by atoms with Crippen molar-refractivity contribution in [3.05, 3.63) is 18.3 Å². The molecule has 5 nitrogen and oxygen atoms in total. The number of carbonyl (C=O) groups excluding carboxylic acids is 2. The monoisotopic (exact) mass is 517 g/mol. The molecule has 2 amide bonds. The number of anilines is 2. The van der Waals surface area contributed by atoms with Gasteiger partial charge in [0, 0.05) is 6.20 Å². The maximum absolute atomic E-state index is 14.1. The SMILES string of the molecule is CC12CC3(C)CC(C)(C1)CC(C(=O)Nc1cccnc1NC(=O)C14CC5(C)CC(C)(CC(C)(C5)C1)C4)(C2)C3. The third-order valence-corrected chi connectivity index (χ3v) is 12.0. The molecule has 0 unspecified atom stereocenters. The van der Waals surface area contributed by atoms with E-state index >= 15 is 0 Å². The molecule has 1 heterocycles. The molecule has 206 valence electrons. The second kappa shape index (κ2) is 7.04. The van der Waals surface area contributed by atoms with Gasteiger partial charge in [0.25, 0.3) is 0 Å². The number of rotatable bonds is 4. The second-order valence-corrected chi connectivity index (χ2v) is 17.9. The molecule has 9 rings (SSSR count). The molecule has 8 aliphatic carbocycles. The Hall–Kier alpha value is -1.91. The van der Waals surface area contributed by atoms with Gasteiger partial charge in [-0.1, -0.05) is 41.5 Å². The van der Waals surface area contributed by atoms with E-state index in [-0.39, 0.29) is 55.1 Å². The fourth-order valence-corrected chi connectivity index (χ4v) is 14.2. The van der Waals surface area contributed by atoms with Gasteiger partial charge in [0.2, 0.25) is 11.8 Å². The predicted octanol–water partition coefficient (Wildman–Crippen LogP) is 7.73. The maximum Gasteiger partial charge on any atom is 0.231 e. The lowest BCUT2D eigenvalue weighted by Crippen LogP contribution is -2.62. The van der Waals surface area contributed by atoms with Crippen molar-refractivity contribution in [1.29, 1.82) is 0 Å². The molecule has 0 aromatic carbocycles. The van der Waals surface area contributed by atoms with Crippen LogP contribution >= 0.6 is 0 Å². The Labute approximate surface area is 228 Å². The van der Waals surface area contributed by atoms with Gasteiger partial charge < -0.3 is 10.6 Å². The largest absolute Gasteiger partial charge is 0.322 e. The van der Waals surface area contributed by atoms with Gasteiger partial charge in [-0.15, -0.1) is 0 Å². The lowest BCUT2D eigenvalue weighted by Gasteiger charge is -2.68. The highest BCUT2D eigenvalue weighted by Crippen LogP contribution is 2.75. The van der Waals surface area contributed by atoms with Crippen molar-refractivity contribution in [2.24, 2.45) is 43.3 Å². The molecule has 1 aromatic rings. The van der Waals surface area contributed by atoms with Crippen LogP contribution < -0.4 is 10.6 Å². The first kappa shape index (κ1) is 25.1. The molecule has 0 saturated heterocycles. The van der Waals surface area contributed by atoms with Crippen LogP contribution in [0.2, 0.25) is 0 Å². The van der Waals surface area contributed by atoms with Crippen molar-refractivity contribution in [2.75, 3.05) is 10.6 Å². The maximum atomic E-state index is 14.1. The van der Waals surface area contributed by atoms with Gasteiger partial charge in [0.15, 0.2) is 5.82 Å². The third kappa shape index (κ3) is 3.65. The lowest BCUT2D eigenvalue weighted by atomic mass is 9.36. The zero-order chi connectivity index (χ0) is 27.0. The van der Waals surface area contributed by atoms with Crippen molar-refractivity contribution >= 4 is 23.3 Å². The Bertz CT molecular complexity index is 1050. The van der Waals surface area contributed by atoms with Crippen LogP contribution in [0.15, 0.2) is 18.3 Å². The van der Waals surface area contributed by atoms with Crippen LogP contribution in [0.4, 0.5) is 11.5 Å². The van der Waals surface area contributed by atoms with Crippen LogP contribution in [0.1, 0.15) is 119 Å². The first-order chi connectivity index (χ1) is 17.5. The van der Waals surface area contributed by atoms with Crippen molar-refractivity contribution in [2.45, 2.75) is 119 Å². The molecule has 0 atom stereocenters. The summed E-state index contributed by atoms with van der Waals surface area (Å²) in [5, 5.41) is 6.56. The summed E-state index contributed by atoms with van der Waals surface area (Å²) in [6.45, 7) is 14.4. The molecular formula is C33H47N3O2. The summed E-state index contributed by atoms with van der Waals surface area (Å²) in [5.74, 6) is 0.748. The number of hydrogen-bond acceptors (Lipinski definition) is 3. The molecule has 0 spiro atoms. The topological polar surface area (TPSA) is 71.1 Å². The van der Waals surface area contributed by atoms with Crippen molar-refractivity contribution in [3.8, 4) is 0 Å². The highest BCUT2D eigenvalue weighted by Gasteiger charge is 2.67. The molecular weight excluding hydrogens is 470 g/mol. The predicted molar refractivity (Wildman–Crippen MR) is 150 cm³/mol. The molecule has 0 radical (unpaired) electrons. The van der Waals surface area contributed by atoms with E-state index in [1.165, 1.54) is 38.5 Å². The summed E-state index contributed by atoms with van der Waals surface area (Å²) < 4.78 is 0. The van der Waals surface area contributed by atoms with E-state index in [1.807, 2.05) is 12.1 Å². The minimum absolute atomic E-state index is 0.108. The van der Waals surface area contributed by atoms with Crippen LogP contribution in [0, 0.1) is 43.3 Å². The van der Waals surface area contributed by atoms with E-state index in [2.05, 4.69) is 57.2 Å².